The second-order valence-corrected chi connectivity index (χ2v) is 7.01. The number of benzene rings is 2. The molecular weight excluding hydrogens is 438 g/mol. The van der Waals surface area contributed by atoms with E-state index in [0.29, 0.717) is 12.0 Å². The van der Waals surface area contributed by atoms with Gasteiger partial charge in [0.15, 0.2) is 5.69 Å². The summed E-state index contributed by atoms with van der Waals surface area (Å²) in [5.41, 5.74) is -0.769. The number of nitrogens with zero attached hydrogens (tertiary/aromatic N) is 3. The van der Waals surface area contributed by atoms with Gasteiger partial charge >= 0.3 is 6.61 Å². The molecule has 1 amide bonds. The Balaban J connectivity index is 1.99. The van der Waals surface area contributed by atoms with Crippen molar-refractivity contribution in [1.29, 1.82) is 0 Å². The van der Waals surface area contributed by atoms with E-state index in [2.05, 4.69) is 15.2 Å². The second kappa shape index (κ2) is 9.98. The Morgan fingerprint density at radius 2 is 1.88 bits per heavy atom. The first kappa shape index (κ1) is 23.5. The maximum atomic E-state index is 12.9. The van der Waals surface area contributed by atoms with Crippen molar-refractivity contribution in [2.45, 2.75) is 32.9 Å². The van der Waals surface area contributed by atoms with E-state index in [-0.39, 0.29) is 22.8 Å². The number of nitro groups is 1. The number of carbonyl (C=O) groups is 1. The van der Waals surface area contributed by atoms with E-state index in [9.17, 15) is 28.5 Å². The van der Waals surface area contributed by atoms with Gasteiger partial charge < -0.3 is 10.1 Å². The van der Waals surface area contributed by atoms with Crippen LogP contribution in [0, 0.1) is 17.0 Å². The molecule has 1 atom stereocenters. The molecule has 2 aromatic carbocycles. The molecule has 0 aliphatic heterocycles. The van der Waals surface area contributed by atoms with Gasteiger partial charge in [0.2, 0.25) is 5.43 Å². The van der Waals surface area contributed by atoms with E-state index in [1.54, 1.807) is 19.1 Å². The van der Waals surface area contributed by atoms with Crippen molar-refractivity contribution < 1.29 is 23.2 Å². The minimum atomic E-state index is -3.05. The van der Waals surface area contributed by atoms with Crippen LogP contribution in [0.15, 0.2) is 59.4 Å². The number of halogens is 2. The second-order valence-electron chi connectivity index (χ2n) is 7.01. The molecule has 33 heavy (non-hydrogen) atoms. The van der Waals surface area contributed by atoms with Gasteiger partial charge in [0.1, 0.15) is 11.4 Å². The molecule has 9 nitrogen and oxygen atoms in total. The lowest BCUT2D eigenvalue weighted by Gasteiger charge is -2.20. The molecule has 0 saturated carbocycles. The Kier molecular flexibility index (Phi) is 7.11. The fraction of sp³-hybridized carbons (Fsp3) is 0.227. The highest BCUT2D eigenvalue weighted by Gasteiger charge is 2.24. The number of rotatable bonds is 8. The van der Waals surface area contributed by atoms with Crippen LogP contribution in [-0.2, 0) is 0 Å². The SMILES string of the molecule is CCC(NC(=O)c1nn(-c2ccccc2[N+](=O)[O-])c(C)cc1=O)c1ccccc1OC(F)F. The standard InChI is InChI=1S/C22H20F2N4O5/c1-3-15(14-8-4-7-11-19(14)33-22(23)24)25-21(30)20-18(29)12-13(2)27(26-20)16-9-5-6-10-17(16)28(31)32/h4-12,15,22H,3H2,1-2H3,(H,25,30). The molecule has 0 bridgehead atoms. The lowest BCUT2D eigenvalue weighted by molar-refractivity contribution is -0.384. The van der Waals surface area contributed by atoms with Crippen LogP contribution in [-0.4, -0.2) is 27.2 Å². The van der Waals surface area contributed by atoms with Gasteiger partial charge in [0.25, 0.3) is 11.6 Å². The topological polar surface area (TPSA) is 116 Å². The van der Waals surface area contributed by atoms with E-state index in [4.69, 9.17) is 0 Å². The van der Waals surface area contributed by atoms with Crippen molar-refractivity contribution in [3.63, 3.8) is 0 Å². The summed E-state index contributed by atoms with van der Waals surface area (Å²) < 4.78 is 31.2. The molecule has 1 aromatic heterocycles. The van der Waals surface area contributed by atoms with Crippen molar-refractivity contribution in [2.75, 3.05) is 0 Å². The molecule has 0 radical (unpaired) electrons. The minimum absolute atomic E-state index is 0.0803. The van der Waals surface area contributed by atoms with Gasteiger partial charge in [-0.05, 0) is 25.5 Å². The first-order valence-electron chi connectivity index (χ1n) is 9.92. The van der Waals surface area contributed by atoms with Crippen LogP contribution in [0.25, 0.3) is 5.69 Å². The number of hydrogen-bond donors (Lipinski definition) is 1. The molecule has 1 N–H and O–H groups in total. The van der Waals surface area contributed by atoms with E-state index in [0.717, 1.165) is 10.7 Å². The zero-order valence-corrected chi connectivity index (χ0v) is 17.7. The largest absolute Gasteiger partial charge is 0.434 e. The highest BCUT2D eigenvalue weighted by Crippen LogP contribution is 2.28. The molecule has 3 aromatic rings. The Morgan fingerprint density at radius 3 is 2.55 bits per heavy atom. The van der Waals surface area contributed by atoms with Crippen molar-refractivity contribution in [2.24, 2.45) is 0 Å². The molecule has 0 fully saturated rings. The number of hydrogen-bond acceptors (Lipinski definition) is 6. The Labute approximate surface area is 186 Å². The molecule has 0 aliphatic carbocycles. The number of carbonyl (C=O) groups excluding carboxylic acids is 1. The van der Waals surface area contributed by atoms with Gasteiger partial charge in [-0.3, -0.25) is 19.7 Å². The van der Waals surface area contributed by atoms with Crippen LogP contribution in [0.5, 0.6) is 5.75 Å². The highest BCUT2D eigenvalue weighted by atomic mass is 19.3. The van der Waals surface area contributed by atoms with Gasteiger partial charge in [-0.2, -0.15) is 13.9 Å². The van der Waals surface area contributed by atoms with Gasteiger partial charge in [-0.1, -0.05) is 37.3 Å². The van der Waals surface area contributed by atoms with Crippen LogP contribution in [0.3, 0.4) is 0 Å². The summed E-state index contributed by atoms with van der Waals surface area (Å²) in [5.74, 6) is -0.958. The first-order chi connectivity index (χ1) is 15.7. The normalized spacial score (nSPS) is 11.8. The summed E-state index contributed by atoms with van der Waals surface area (Å²) in [7, 11) is 0. The molecule has 11 heteroatoms. The van der Waals surface area contributed by atoms with Crippen LogP contribution in [0.4, 0.5) is 14.5 Å². The third-order valence-electron chi connectivity index (χ3n) is 4.85. The van der Waals surface area contributed by atoms with Crippen molar-refractivity contribution in [3.05, 3.63) is 91.9 Å². The molecule has 3 rings (SSSR count). The van der Waals surface area contributed by atoms with Crippen molar-refractivity contribution in [3.8, 4) is 11.4 Å². The van der Waals surface area contributed by atoms with Gasteiger partial charge in [0, 0.05) is 23.4 Å². The molecular formula is C22H20F2N4O5. The predicted molar refractivity (Wildman–Crippen MR) is 115 cm³/mol. The van der Waals surface area contributed by atoms with Gasteiger partial charge in [-0.15, -0.1) is 0 Å². The number of aryl methyl sites for hydroxylation is 1. The fourth-order valence-electron chi connectivity index (χ4n) is 3.34. The maximum absolute atomic E-state index is 12.9. The summed E-state index contributed by atoms with van der Waals surface area (Å²) in [5, 5.41) is 18.1. The quantitative estimate of drug-likeness (QED) is 0.404. The Hall–Kier alpha value is -4.15. The summed E-state index contributed by atoms with van der Waals surface area (Å²) in [4.78, 5) is 36.3. The number of ether oxygens (including phenoxy) is 1. The first-order valence-corrected chi connectivity index (χ1v) is 9.92. The van der Waals surface area contributed by atoms with E-state index >= 15 is 0 Å². The zero-order chi connectivity index (χ0) is 24.1. The molecule has 1 unspecified atom stereocenters. The van der Waals surface area contributed by atoms with Gasteiger partial charge in [0.05, 0.1) is 11.0 Å². The molecule has 1 heterocycles. The average molecular weight is 458 g/mol. The molecule has 0 aliphatic rings. The van der Waals surface area contributed by atoms with Crippen LogP contribution in [0.2, 0.25) is 0 Å². The Bertz CT molecular complexity index is 1250. The monoisotopic (exact) mass is 458 g/mol. The molecule has 172 valence electrons. The summed E-state index contributed by atoms with van der Waals surface area (Å²) in [6.07, 6.45) is 0.305. The molecule has 0 saturated heterocycles. The third kappa shape index (κ3) is 5.20. The fourth-order valence-corrected chi connectivity index (χ4v) is 3.34. The Morgan fingerprint density at radius 1 is 1.21 bits per heavy atom. The number of aromatic nitrogens is 2. The van der Waals surface area contributed by atoms with Crippen LogP contribution in [0.1, 0.15) is 41.1 Å². The molecule has 0 spiro atoms. The zero-order valence-electron chi connectivity index (χ0n) is 17.7. The number of alkyl halides is 2. The number of nitrogens with one attached hydrogen (secondary N) is 1. The summed E-state index contributed by atoms with van der Waals surface area (Å²) >= 11 is 0. The van der Waals surface area contributed by atoms with E-state index in [1.165, 1.54) is 43.3 Å². The smallest absolute Gasteiger partial charge is 0.387 e. The van der Waals surface area contributed by atoms with Crippen LogP contribution >= 0.6 is 0 Å². The predicted octanol–water partition coefficient (Wildman–Crippen LogP) is 3.93. The lowest BCUT2D eigenvalue weighted by Crippen LogP contribution is -2.34. The number of nitro benzene ring substituents is 1. The van der Waals surface area contributed by atoms with E-state index < -0.39 is 34.6 Å². The van der Waals surface area contributed by atoms with Crippen molar-refractivity contribution in [1.82, 2.24) is 15.1 Å². The summed E-state index contributed by atoms with van der Waals surface area (Å²) in [6, 6.07) is 12.2. The highest BCUT2D eigenvalue weighted by molar-refractivity contribution is 5.92. The van der Waals surface area contributed by atoms with Crippen molar-refractivity contribution >= 4 is 11.6 Å². The van der Waals surface area contributed by atoms with Gasteiger partial charge in [-0.25, -0.2) is 4.68 Å². The maximum Gasteiger partial charge on any atom is 0.387 e. The minimum Gasteiger partial charge on any atom is -0.434 e. The average Bonchev–Trinajstić information content (AvgIpc) is 2.77. The number of para-hydroxylation sites is 3. The van der Waals surface area contributed by atoms with E-state index in [1.807, 2.05) is 0 Å². The summed E-state index contributed by atoms with van der Waals surface area (Å²) in [6.45, 7) is 0.199. The third-order valence-corrected chi connectivity index (χ3v) is 4.85. The lowest BCUT2D eigenvalue weighted by atomic mass is 10.0. The number of amides is 1. The van der Waals surface area contributed by atoms with Crippen LogP contribution < -0.4 is 15.5 Å².